The van der Waals surface area contributed by atoms with Crippen molar-refractivity contribution in [1.82, 2.24) is 4.90 Å². The average molecular weight is 408 g/mol. The molecular formula is C25H26ClNO2. The van der Waals surface area contributed by atoms with Crippen molar-refractivity contribution in [2.24, 2.45) is 0 Å². The monoisotopic (exact) mass is 407 g/mol. The second-order valence-electron chi connectivity index (χ2n) is 7.37. The SMILES string of the molecule is COc1cc2c(c(-c3ccccc3Cl)c1OC)CN(CCc1ccccc1)CC2. The molecule has 3 nitrogen and oxygen atoms in total. The molecule has 150 valence electrons. The van der Waals surface area contributed by atoms with E-state index in [4.69, 9.17) is 21.1 Å². The second-order valence-corrected chi connectivity index (χ2v) is 7.77. The average Bonchev–Trinajstić information content (AvgIpc) is 2.77. The zero-order chi connectivity index (χ0) is 20.2. The van der Waals surface area contributed by atoms with Gasteiger partial charge >= 0.3 is 0 Å². The van der Waals surface area contributed by atoms with Crippen LogP contribution in [0.3, 0.4) is 0 Å². The van der Waals surface area contributed by atoms with E-state index in [0.717, 1.165) is 60.1 Å². The Hall–Kier alpha value is -2.49. The van der Waals surface area contributed by atoms with Gasteiger partial charge in [0.1, 0.15) is 0 Å². The smallest absolute Gasteiger partial charge is 0.168 e. The first-order valence-corrected chi connectivity index (χ1v) is 10.4. The third-order valence-electron chi connectivity index (χ3n) is 5.65. The van der Waals surface area contributed by atoms with Gasteiger partial charge in [0.05, 0.1) is 14.2 Å². The van der Waals surface area contributed by atoms with Crippen molar-refractivity contribution in [2.75, 3.05) is 27.3 Å². The molecule has 0 atom stereocenters. The number of ether oxygens (including phenoxy) is 2. The fourth-order valence-corrected chi connectivity index (χ4v) is 4.37. The first kappa shape index (κ1) is 19.8. The van der Waals surface area contributed by atoms with Crippen molar-refractivity contribution in [3.63, 3.8) is 0 Å². The van der Waals surface area contributed by atoms with E-state index >= 15 is 0 Å². The number of hydrogen-bond acceptors (Lipinski definition) is 3. The Bertz CT molecular complexity index is 988. The Morgan fingerprint density at radius 3 is 2.45 bits per heavy atom. The van der Waals surface area contributed by atoms with Crippen LogP contribution in [0.1, 0.15) is 16.7 Å². The first-order valence-electron chi connectivity index (χ1n) is 9.99. The number of halogens is 1. The van der Waals surface area contributed by atoms with Gasteiger partial charge in [-0.05, 0) is 41.7 Å². The maximum atomic E-state index is 6.59. The van der Waals surface area contributed by atoms with Gasteiger partial charge in [-0.2, -0.15) is 0 Å². The molecule has 1 aliphatic heterocycles. The molecule has 3 aromatic rings. The molecule has 0 unspecified atom stereocenters. The van der Waals surface area contributed by atoms with Gasteiger partial charge in [0.25, 0.3) is 0 Å². The highest BCUT2D eigenvalue weighted by Gasteiger charge is 2.26. The second kappa shape index (κ2) is 8.89. The Balaban J connectivity index is 1.71. The molecule has 0 radical (unpaired) electrons. The summed E-state index contributed by atoms with van der Waals surface area (Å²) in [7, 11) is 3.39. The Labute approximate surface area is 177 Å². The summed E-state index contributed by atoms with van der Waals surface area (Å²) in [5, 5.41) is 0.725. The van der Waals surface area contributed by atoms with Crippen LogP contribution in [0.4, 0.5) is 0 Å². The molecule has 0 amide bonds. The van der Waals surface area contributed by atoms with E-state index in [0.29, 0.717) is 0 Å². The normalized spacial score (nSPS) is 13.8. The van der Waals surface area contributed by atoms with Crippen LogP contribution in [0.5, 0.6) is 11.5 Å². The van der Waals surface area contributed by atoms with Crippen molar-refractivity contribution in [2.45, 2.75) is 19.4 Å². The van der Waals surface area contributed by atoms with Gasteiger partial charge < -0.3 is 9.47 Å². The maximum absolute atomic E-state index is 6.59. The summed E-state index contributed by atoms with van der Waals surface area (Å²) in [6.45, 7) is 2.94. The highest BCUT2D eigenvalue weighted by Crippen LogP contribution is 2.46. The number of rotatable bonds is 6. The third kappa shape index (κ3) is 4.12. The van der Waals surface area contributed by atoms with E-state index in [-0.39, 0.29) is 0 Å². The molecule has 0 spiro atoms. The van der Waals surface area contributed by atoms with Crippen molar-refractivity contribution in [1.29, 1.82) is 0 Å². The van der Waals surface area contributed by atoms with Crippen molar-refractivity contribution in [3.8, 4) is 22.6 Å². The van der Waals surface area contributed by atoms with Crippen LogP contribution < -0.4 is 9.47 Å². The molecule has 0 saturated heterocycles. The summed E-state index contributed by atoms with van der Waals surface area (Å²) >= 11 is 6.59. The Kier molecular flexibility index (Phi) is 6.08. The van der Waals surface area contributed by atoms with Gasteiger partial charge in [0, 0.05) is 35.8 Å². The molecule has 0 fully saturated rings. The number of nitrogens with zero attached hydrogens (tertiary/aromatic N) is 1. The van der Waals surface area contributed by atoms with E-state index in [1.165, 1.54) is 16.7 Å². The van der Waals surface area contributed by atoms with Gasteiger partial charge in [0.15, 0.2) is 11.5 Å². The van der Waals surface area contributed by atoms with Crippen molar-refractivity contribution in [3.05, 3.63) is 82.4 Å². The first-order chi connectivity index (χ1) is 14.2. The summed E-state index contributed by atoms with van der Waals surface area (Å²) < 4.78 is 11.5. The summed E-state index contributed by atoms with van der Waals surface area (Å²) in [6.07, 6.45) is 2.03. The van der Waals surface area contributed by atoms with Gasteiger partial charge in [-0.1, -0.05) is 60.1 Å². The lowest BCUT2D eigenvalue weighted by atomic mass is 9.89. The molecule has 0 bridgehead atoms. The zero-order valence-electron chi connectivity index (χ0n) is 17.0. The molecule has 0 aromatic heterocycles. The van der Waals surface area contributed by atoms with Crippen LogP contribution in [0.25, 0.3) is 11.1 Å². The minimum Gasteiger partial charge on any atom is -0.493 e. The summed E-state index contributed by atoms with van der Waals surface area (Å²) in [5.41, 5.74) is 6.02. The van der Waals surface area contributed by atoms with Gasteiger partial charge in [-0.3, -0.25) is 4.90 Å². The maximum Gasteiger partial charge on any atom is 0.168 e. The molecule has 0 aliphatic carbocycles. The van der Waals surface area contributed by atoms with E-state index in [2.05, 4.69) is 47.4 Å². The number of hydrogen-bond donors (Lipinski definition) is 0. The lowest BCUT2D eigenvalue weighted by Crippen LogP contribution is -2.32. The highest BCUT2D eigenvalue weighted by atomic mass is 35.5. The molecule has 4 heteroatoms. The lowest BCUT2D eigenvalue weighted by Gasteiger charge is -2.32. The summed E-state index contributed by atoms with van der Waals surface area (Å²) in [5.74, 6) is 1.52. The molecule has 29 heavy (non-hydrogen) atoms. The van der Waals surface area contributed by atoms with Crippen molar-refractivity contribution >= 4 is 11.6 Å². The molecule has 1 heterocycles. The molecular weight excluding hydrogens is 382 g/mol. The lowest BCUT2D eigenvalue weighted by molar-refractivity contribution is 0.256. The topological polar surface area (TPSA) is 21.7 Å². The standard InChI is InChI=1S/C25H26ClNO2/c1-28-23-16-19-13-15-27(14-12-18-8-4-3-5-9-18)17-21(19)24(25(23)29-2)20-10-6-7-11-22(20)26/h3-11,16H,12-15,17H2,1-2H3. The molecule has 3 aromatic carbocycles. The zero-order valence-corrected chi connectivity index (χ0v) is 17.7. The predicted molar refractivity (Wildman–Crippen MR) is 119 cm³/mol. The summed E-state index contributed by atoms with van der Waals surface area (Å²) in [4.78, 5) is 2.52. The van der Waals surface area contributed by atoms with Crippen LogP contribution in [-0.2, 0) is 19.4 Å². The Morgan fingerprint density at radius 2 is 1.72 bits per heavy atom. The van der Waals surface area contributed by atoms with Crippen LogP contribution in [-0.4, -0.2) is 32.2 Å². The van der Waals surface area contributed by atoms with E-state index in [1.807, 2.05) is 18.2 Å². The number of benzene rings is 3. The quantitative estimate of drug-likeness (QED) is 0.529. The third-order valence-corrected chi connectivity index (χ3v) is 5.98. The minimum absolute atomic E-state index is 0.725. The summed E-state index contributed by atoms with van der Waals surface area (Å²) in [6, 6.07) is 20.8. The van der Waals surface area contributed by atoms with E-state index in [9.17, 15) is 0 Å². The van der Waals surface area contributed by atoms with E-state index < -0.39 is 0 Å². The molecule has 1 aliphatic rings. The number of fused-ring (bicyclic) bond motifs is 1. The van der Waals surface area contributed by atoms with Crippen LogP contribution in [0.15, 0.2) is 60.7 Å². The number of methoxy groups -OCH3 is 2. The fraction of sp³-hybridized carbons (Fsp3) is 0.280. The van der Waals surface area contributed by atoms with Crippen LogP contribution in [0.2, 0.25) is 5.02 Å². The van der Waals surface area contributed by atoms with Crippen molar-refractivity contribution < 1.29 is 9.47 Å². The van der Waals surface area contributed by atoms with E-state index in [1.54, 1.807) is 14.2 Å². The highest BCUT2D eigenvalue weighted by molar-refractivity contribution is 6.33. The minimum atomic E-state index is 0.725. The van der Waals surface area contributed by atoms with Gasteiger partial charge in [-0.25, -0.2) is 0 Å². The van der Waals surface area contributed by atoms with Crippen LogP contribution >= 0.6 is 11.6 Å². The Morgan fingerprint density at radius 1 is 0.966 bits per heavy atom. The van der Waals surface area contributed by atoms with Crippen LogP contribution in [0, 0.1) is 0 Å². The molecule has 0 saturated carbocycles. The fourth-order valence-electron chi connectivity index (χ4n) is 4.14. The van der Waals surface area contributed by atoms with Gasteiger partial charge in [0.2, 0.25) is 0 Å². The predicted octanol–water partition coefficient (Wildman–Crippen LogP) is 5.63. The largest absolute Gasteiger partial charge is 0.493 e. The molecule has 4 rings (SSSR count). The van der Waals surface area contributed by atoms with Gasteiger partial charge in [-0.15, -0.1) is 0 Å². The molecule has 0 N–H and O–H groups in total.